The molecule has 4 heteroatoms. The van der Waals surface area contributed by atoms with Gasteiger partial charge in [-0.15, -0.1) is 0 Å². The van der Waals surface area contributed by atoms with Gasteiger partial charge in [-0.1, -0.05) is 79.4 Å². The number of ether oxygens (including phenoxy) is 1. The van der Waals surface area contributed by atoms with Gasteiger partial charge in [0.2, 0.25) is 0 Å². The fourth-order valence-corrected chi connectivity index (χ4v) is 4.16. The summed E-state index contributed by atoms with van der Waals surface area (Å²) in [7, 11) is 0. The molecule has 1 nitrogen and oxygen atoms in total. The van der Waals surface area contributed by atoms with Gasteiger partial charge in [0, 0.05) is 17.7 Å². The molecule has 0 fully saturated rings. The zero-order chi connectivity index (χ0) is 24.1. The third kappa shape index (κ3) is 5.23. The number of hydrogen-bond acceptors (Lipinski definition) is 1. The van der Waals surface area contributed by atoms with E-state index in [2.05, 4.69) is 6.58 Å². The molecule has 3 aromatic rings. The predicted octanol–water partition coefficient (Wildman–Crippen LogP) is 8.46. The van der Waals surface area contributed by atoms with E-state index in [1.807, 2.05) is 37.3 Å². The third-order valence-electron chi connectivity index (χ3n) is 6.10. The van der Waals surface area contributed by atoms with E-state index in [4.69, 9.17) is 4.74 Å². The fraction of sp³-hybridized carbons (Fsp3) is 0.200. The standard InChI is InChI=1S/C30H27F3O/c1-3-20-7-12-23(13-8-20)25-16-17-26(30(33)29(25)32)24-14-9-21(10-15-24)5-6-22-11-18-28(34-4-2)27(31)19-22/h3,7-17,19,28H,1,4-6,18H2,2H3. The van der Waals surface area contributed by atoms with Crippen LogP contribution < -0.4 is 0 Å². The Kier molecular flexibility index (Phi) is 7.49. The molecule has 3 aromatic carbocycles. The fourth-order valence-electron chi connectivity index (χ4n) is 4.16. The van der Waals surface area contributed by atoms with Crippen LogP contribution in [0.5, 0.6) is 0 Å². The van der Waals surface area contributed by atoms with Gasteiger partial charge in [0.25, 0.3) is 0 Å². The summed E-state index contributed by atoms with van der Waals surface area (Å²) in [6, 6.07) is 17.8. The zero-order valence-corrected chi connectivity index (χ0v) is 19.2. The number of benzene rings is 3. The Hall–Kier alpha value is -3.37. The summed E-state index contributed by atoms with van der Waals surface area (Å²) in [5.74, 6) is -1.96. The van der Waals surface area contributed by atoms with Gasteiger partial charge in [-0.05, 0) is 60.1 Å². The summed E-state index contributed by atoms with van der Waals surface area (Å²) < 4.78 is 49.3. The normalized spacial score (nSPS) is 15.6. The van der Waals surface area contributed by atoms with Crippen molar-refractivity contribution in [3.05, 3.63) is 114 Å². The lowest BCUT2D eigenvalue weighted by atomic mass is 9.95. The monoisotopic (exact) mass is 460 g/mol. The summed E-state index contributed by atoms with van der Waals surface area (Å²) in [6.07, 6.45) is 6.78. The van der Waals surface area contributed by atoms with Gasteiger partial charge in [-0.25, -0.2) is 13.2 Å². The SMILES string of the molecule is C=Cc1ccc(-c2ccc(-c3ccc(CCC4=CCC(OCC)C(F)=C4)cc3)c(F)c2F)cc1. The highest BCUT2D eigenvalue weighted by Crippen LogP contribution is 2.32. The minimum Gasteiger partial charge on any atom is -0.371 e. The lowest BCUT2D eigenvalue weighted by Crippen LogP contribution is -2.15. The second kappa shape index (κ2) is 10.7. The van der Waals surface area contributed by atoms with E-state index in [1.165, 1.54) is 0 Å². The van der Waals surface area contributed by atoms with E-state index in [9.17, 15) is 13.2 Å². The first-order chi connectivity index (χ1) is 16.5. The molecule has 0 heterocycles. The van der Waals surface area contributed by atoms with E-state index in [1.54, 1.807) is 48.6 Å². The minimum absolute atomic E-state index is 0.220. The van der Waals surface area contributed by atoms with Crippen LogP contribution in [0.15, 0.2) is 90.8 Å². The van der Waals surface area contributed by atoms with Gasteiger partial charge < -0.3 is 4.74 Å². The summed E-state index contributed by atoms with van der Waals surface area (Å²) in [5.41, 5.74) is 4.57. The van der Waals surface area contributed by atoms with Gasteiger partial charge >= 0.3 is 0 Å². The number of halogens is 3. The molecule has 1 aliphatic carbocycles. The number of hydrogen-bond donors (Lipinski definition) is 0. The van der Waals surface area contributed by atoms with Crippen LogP contribution in [0.4, 0.5) is 13.2 Å². The van der Waals surface area contributed by atoms with E-state index in [0.717, 1.165) is 23.1 Å². The molecule has 0 amide bonds. The van der Waals surface area contributed by atoms with E-state index >= 15 is 0 Å². The second-order valence-electron chi connectivity index (χ2n) is 8.30. The van der Waals surface area contributed by atoms with Crippen molar-refractivity contribution in [2.24, 2.45) is 0 Å². The molecule has 0 aliphatic heterocycles. The van der Waals surface area contributed by atoms with Crippen molar-refractivity contribution in [3.8, 4) is 22.3 Å². The summed E-state index contributed by atoms with van der Waals surface area (Å²) in [6.45, 7) is 6.04. The molecular weight excluding hydrogens is 433 g/mol. The van der Waals surface area contributed by atoms with Gasteiger partial charge in [-0.2, -0.15) is 0 Å². The first kappa shape index (κ1) is 23.8. The largest absolute Gasteiger partial charge is 0.371 e. The maximum absolute atomic E-state index is 14.9. The summed E-state index contributed by atoms with van der Waals surface area (Å²) >= 11 is 0. The van der Waals surface area contributed by atoms with Crippen LogP contribution in [0, 0.1) is 11.6 Å². The van der Waals surface area contributed by atoms with Gasteiger partial charge in [0.1, 0.15) is 11.9 Å². The Bertz CT molecular complexity index is 1220. The van der Waals surface area contributed by atoms with Crippen molar-refractivity contribution in [2.45, 2.75) is 32.3 Å². The van der Waals surface area contributed by atoms with Crippen LogP contribution >= 0.6 is 0 Å². The van der Waals surface area contributed by atoms with Gasteiger partial charge in [0.05, 0.1) is 0 Å². The third-order valence-corrected chi connectivity index (χ3v) is 6.10. The van der Waals surface area contributed by atoms with Crippen molar-refractivity contribution >= 4 is 6.08 Å². The first-order valence-electron chi connectivity index (χ1n) is 11.5. The zero-order valence-electron chi connectivity index (χ0n) is 19.2. The first-order valence-corrected chi connectivity index (χ1v) is 11.5. The van der Waals surface area contributed by atoms with Crippen LogP contribution in [0.3, 0.4) is 0 Å². The van der Waals surface area contributed by atoms with Crippen molar-refractivity contribution in [2.75, 3.05) is 6.61 Å². The lowest BCUT2D eigenvalue weighted by Gasteiger charge is -2.18. The molecule has 0 spiro atoms. The summed E-state index contributed by atoms with van der Waals surface area (Å²) in [4.78, 5) is 0. The van der Waals surface area contributed by atoms with E-state index in [0.29, 0.717) is 30.6 Å². The maximum atomic E-state index is 14.9. The quantitative estimate of drug-likeness (QED) is 0.328. The molecule has 34 heavy (non-hydrogen) atoms. The number of aryl methyl sites for hydroxylation is 1. The number of rotatable bonds is 8. The number of allylic oxidation sites excluding steroid dienone is 2. The highest BCUT2D eigenvalue weighted by atomic mass is 19.2. The molecule has 0 radical (unpaired) electrons. The van der Waals surface area contributed by atoms with Crippen LogP contribution in [0.25, 0.3) is 28.3 Å². The van der Waals surface area contributed by atoms with E-state index in [-0.39, 0.29) is 17.0 Å². The molecule has 174 valence electrons. The highest BCUT2D eigenvalue weighted by Gasteiger charge is 2.18. The highest BCUT2D eigenvalue weighted by molar-refractivity contribution is 5.72. The molecule has 0 saturated carbocycles. The molecule has 0 aromatic heterocycles. The molecule has 0 saturated heterocycles. The Morgan fingerprint density at radius 3 is 1.97 bits per heavy atom. The van der Waals surface area contributed by atoms with Crippen LogP contribution in [0.2, 0.25) is 0 Å². The molecule has 0 bridgehead atoms. The van der Waals surface area contributed by atoms with Crippen LogP contribution in [0.1, 0.15) is 30.9 Å². The predicted molar refractivity (Wildman–Crippen MR) is 133 cm³/mol. The Labute approximate surface area is 198 Å². The van der Waals surface area contributed by atoms with Crippen molar-refractivity contribution in [1.29, 1.82) is 0 Å². The average molecular weight is 461 g/mol. The lowest BCUT2D eigenvalue weighted by molar-refractivity contribution is 0.0731. The maximum Gasteiger partial charge on any atom is 0.167 e. The molecule has 1 unspecified atom stereocenters. The average Bonchev–Trinajstić information content (AvgIpc) is 2.86. The molecule has 4 rings (SSSR count). The van der Waals surface area contributed by atoms with Crippen molar-refractivity contribution in [1.82, 2.24) is 0 Å². The van der Waals surface area contributed by atoms with Crippen LogP contribution in [-0.4, -0.2) is 12.7 Å². The second-order valence-corrected chi connectivity index (χ2v) is 8.30. The Morgan fingerprint density at radius 2 is 1.44 bits per heavy atom. The molecule has 1 aliphatic rings. The van der Waals surface area contributed by atoms with E-state index < -0.39 is 17.7 Å². The Balaban J connectivity index is 1.45. The Morgan fingerprint density at radius 1 is 0.853 bits per heavy atom. The van der Waals surface area contributed by atoms with Crippen molar-refractivity contribution in [3.63, 3.8) is 0 Å². The van der Waals surface area contributed by atoms with Crippen LogP contribution in [-0.2, 0) is 11.2 Å². The smallest absolute Gasteiger partial charge is 0.167 e. The van der Waals surface area contributed by atoms with Crippen molar-refractivity contribution < 1.29 is 17.9 Å². The topological polar surface area (TPSA) is 9.23 Å². The minimum atomic E-state index is -0.866. The molecule has 1 atom stereocenters. The summed E-state index contributed by atoms with van der Waals surface area (Å²) in [5, 5.41) is 0. The molecular formula is C30H27F3O. The van der Waals surface area contributed by atoms with Gasteiger partial charge in [-0.3, -0.25) is 0 Å². The molecule has 0 N–H and O–H groups in total. The van der Waals surface area contributed by atoms with Gasteiger partial charge in [0.15, 0.2) is 11.6 Å².